The first kappa shape index (κ1) is 11.2. The van der Waals surface area contributed by atoms with Gasteiger partial charge in [0.2, 0.25) is 0 Å². The molecule has 0 aliphatic rings. The van der Waals surface area contributed by atoms with Crippen LogP contribution in [0.3, 0.4) is 0 Å². The Morgan fingerprint density at radius 1 is 1.06 bits per heavy atom. The highest BCUT2D eigenvalue weighted by molar-refractivity contribution is 5.97. The van der Waals surface area contributed by atoms with Gasteiger partial charge in [-0.1, -0.05) is 30.3 Å². The quantitative estimate of drug-likeness (QED) is 0.830. The number of benzene rings is 2. The maximum atomic E-state index is 11.2. The highest BCUT2D eigenvalue weighted by Gasteiger charge is 2.15. The van der Waals surface area contributed by atoms with Gasteiger partial charge in [0.25, 0.3) is 0 Å². The summed E-state index contributed by atoms with van der Waals surface area (Å²) >= 11 is 0. The smallest absolute Gasteiger partial charge is 0.336 e. The lowest BCUT2D eigenvalue weighted by molar-refractivity contribution is 0.0697. The van der Waals surface area contributed by atoms with Crippen LogP contribution < -0.4 is 0 Å². The van der Waals surface area contributed by atoms with E-state index in [2.05, 4.69) is 0 Å². The van der Waals surface area contributed by atoms with E-state index >= 15 is 0 Å². The number of carbonyl (C=O) groups is 1. The fourth-order valence-electron chi connectivity index (χ4n) is 1.86. The Kier molecular flexibility index (Phi) is 2.83. The van der Waals surface area contributed by atoms with Crippen molar-refractivity contribution in [3.05, 3.63) is 53.6 Å². The zero-order chi connectivity index (χ0) is 12.4. The van der Waals surface area contributed by atoms with Crippen molar-refractivity contribution >= 4 is 5.97 Å². The van der Waals surface area contributed by atoms with Crippen LogP contribution in [0.4, 0.5) is 0 Å². The van der Waals surface area contributed by atoms with Crippen molar-refractivity contribution in [1.82, 2.24) is 0 Å². The van der Waals surface area contributed by atoms with Crippen molar-refractivity contribution in [2.45, 2.75) is 6.92 Å². The fourth-order valence-corrected chi connectivity index (χ4v) is 1.86. The summed E-state index contributed by atoms with van der Waals surface area (Å²) in [5.41, 5.74) is 2.14. The van der Waals surface area contributed by atoms with E-state index in [1.165, 1.54) is 12.1 Å². The molecule has 0 atom stereocenters. The molecule has 3 nitrogen and oxygen atoms in total. The molecule has 86 valence electrons. The molecule has 3 heteroatoms. The molecule has 17 heavy (non-hydrogen) atoms. The minimum atomic E-state index is -0.994. The van der Waals surface area contributed by atoms with Gasteiger partial charge in [-0.2, -0.15) is 0 Å². The molecule has 0 bridgehead atoms. The molecule has 2 aromatic carbocycles. The normalized spacial score (nSPS) is 10.2. The first-order valence-corrected chi connectivity index (χ1v) is 5.22. The van der Waals surface area contributed by atoms with Crippen LogP contribution in [0.2, 0.25) is 0 Å². The summed E-state index contributed by atoms with van der Waals surface area (Å²) in [5.74, 6) is -0.888. The number of carboxylic acid groups (broad SMARTS) is 1. The molecule has 2 aromatic rings. The van der Waals surface area contributed by atoms with Gasteiger partial charge in [0, 0.05) is 5.56 Å². The summed E-state index contributed by atoms with van der Waals surface area (Å²) in [6, 6.07) is 12.0. The van der Waals surface area contributed by atoms with Crippen LogP contribution in [0.5, 0.6) is 5.75 Å². The number of aromatic hydroxyl groups is 1. The molecule has 0 amide bonds. The first-order valence-electron chi connectivity index (χ1n) is 5.22. The van der Waals surface area contributed by atoms with Gasteiger partial charge in [-0.3, -0.25) is 0 Å². The van der Waals surface area contributed by atoms with E-state index in [1.807, 2.05) is 30.3 Å². The summed E-state index contributed by atoms with van der Waals surface area (Å²) in [5, 5.41) is 18.8. The Hall–Kier alpha value is -2.29. The van der Waals surface area contributed by atoms with Gasteiger partial charge in [-0.15, -0.1) is 0 Å². The Balaban J connectivity index is 2.74. The Bertz CT molecular complexity index is 559. The predicted molar refractivity (Wildman–Crippen MR) is 65.2 cm³/mol. The Morgan fingerprint density at radius 2 is 1.71 bits per heavy atom. The van der Waals surface area contributed by atoms with Crippen LogP contribution in [0.25, 0.3) is 11.1 Å². The van der Waals surface area contributed by atoms with Crippen LogP contribution in [0.15, 0.2) is 42.5 Å². The number of phenolic OH excluding ortho intramolecular Hbond substituents is 1. The zero-order valence-electron chi connectivity index (χ0n) is 9.34. The van der Waals surface area contributed by atoms with Crippen LogP contribution in [-0.4, -0.2) is 16.2 Å². The molecule has 2 rings (SSSR count). The maximum Gasteiger partial charge on any atom is 0.336 e. The van der Waals surface area contributed by atoms with Crippen molar-refractivity contribution in [3.63, 3.8) is 0 Å². The molecule has 0 aliphatic heterocycles. The van der Waals surface area contributed by atoms with Crippen LogP contribution in [0.1, 0.15) is 15.9 Å². The lowest BCUT2D eigenvalue weighted by Gasteiger charge is -2.11. The van der Waals surface area contributed by atoms with Gasteiger partial charge in [-0.25, -0.2) is 4.79 Å². The summed E-state index contributed by atoms with van der Waals surface area (Å²) in [7, 11) is 0. The number of phenols is 1. The number of hydrogen-bond donors (Lipinski definition) is 2. The van der Waals surface area contributed by atoms with Gasteiger partial charge < -0.3 is 10.2 Å². The second-order valence-electron chi connectivity index (χ2n) is 3.80. The molecular formula is C14H12O3. The summed E-state index contributed by atoms with van der Waals surface area (Å²) in [6.07, 6.45) is 0. The van der Waals surface area contributed by atoms with E-state index < -0.39 is 5.97 Å². The van der Waals surface area contributed by atoms with E-state index in [9.17, 15) is 9.90 Å². The Labute approximate surface area is 99.0 Å². The molecule has 0 heterocycles. The van der Waals surface area contributed by atoms with Gasteiger partial charge in [0.1, 0.15) is 5.75 Å². The van der Waals surface area contributed by atoms with Crippen LogP contribution in [0, 0.1) is 6.92 Å². The Morgan fingerprint density at radius 3 is 2.29 bits per heavy atom. The molecule has 0 aromatic heterocycles. The largest absolute Gasteiger partial charge is 0.508 e. The molecule has 0 spiro atoms. The number of carboxylic acids is 1. The lowest BCUT2D eigenvalue weighted by atomic mass is 9.94. The maximum absolute atomic E-state index is 11.2. The monoisotopic (exact) mass is 228 g/mol. The third kappa shape index (κ3) is 1.99. The third-order valence-corrected chi connectivity index (χ3v) is 2.73. The molecule has 0 aliphatic carbocycles. The number of aromatic carboxylic acids is 1. The van der Waals surface area contributed by atoms with Crippen molar-refractivity contribution in [1.29, 1.82) is 0 Å². The topological polar surface area (TPSA) is 57.5 Å². The molecule has 0 unspecified atom stereocenters. The van der Waals surface area contributed by atoms with Crippen LogP contribution >= 0.6 is 0 Å². The molecule has 0 radical (unpaired) electrons. The molecule has 2 N–H and O–H groups in total. The van der Waals surface area contributed by atoms with Crippen LogP contribution in [-0.2, 0) is 0 Å². The lowest BCUT2D eigenvalue weighted by Crippen LogP contribution is -2.01. The molecule has 0 saturated carbocycles. The molecule has 0 fully saturated rings. The van der Waals surface area contributed by atoms with Crippen molar-refractivity contribution < 1.29 is 15.0 Å². The highest BCUT2D eigenvalue weighted by Crippen LogP contribution is 2.32. The van der Waals surface area contributed by atoms with Crippen molar-refractivity contribution in [3.8, 4) is 16.9 Å². The minimum Gasteiger partial charge on any atom is -0.508 e. The average molecular weight is 228 g/mol. The van der Waals surface area contributed by atoms with E-state index in [0.29, 0.717) is 11.1 Å². The van der Waals surface area contributed by atoms with Crippen molar-refractivity contribution in [2.75, 3.05) is 0 Å². The number of rotatable bonds is 2. The summed E-state index contributed by atoms with van der Waals surface area (Å²) in [6.45, 7) is 1.71. The molecule has 0 saturated heterocycles. The van der Waals surface area contributed by atoms with Gasteiger partial charge >= 0.3 is 5.97 Å². The van der Waals surface area contributed by atoms with Gasteiger partial charge in [0.15, 0.2) is 0 Å². The SMILES string of the molecule is Cc1c(O)ccc(C(=O)O)c1-c1ccccc1. The van der Waals surface area contributed by atoms with E-state index in [4.69, 9.17) is 5.11 Å². The van der Waals surface area contributed by atoms with Gasteiger partial charge in [-0.05, 0) is 30.2 Å². The standard InChI is InChI=1S/C14H12O3/c1-9-12(15)8-7-11(14(16)17)13(9)10-5-3-2-4-6-10/h2-8,15H,1H3,(H,16,17). The van der Waals surface area contributed by atoms with E-state index in [0.717, 1.165) is 5.56 Å². The van der Waals surface area contributed by atoms with E-state index in [1.54, 1.807) is 6.92 Å². The third-order valence-electron chi connectivity index (χ3n) is 2.73. The second-order valence-corrected chi connectivity index (χ2v) is 3.80. The zero-order valence-corrected chi connectivity index (χ0v) is 9.34. The fraction of sp³-hybridized carbons (Fsp3) is 0.0714. The van der Waals surface area contributed by atoms with Crippen molar-refractivity contribution in [2.24, 2.45) is 0 Å². The highest BCUT2D eigenvalue weighted by atomic mass is 16.4. The summed E-state index contributed by atoms with van der Waals surface area (Å²) in [4.78, 5) is 11.2. The predicted octanol–water partition coefficient (Wildman–Crippen LogP) is 3.07. The minimum absolute atomic E-state index is 0.105. The average Bonchev–Trinajstić information content (AvgIpc) is 2.33. The van der Waals surface area contributed by atoms with Gasteiger partial charge in [0.05, 0.1) is 5.56 Å². The molecular weight excluding hydrogens is 216 g/mol. The first-order chi connectivity index (χ1) is 8.11. The summed E-state index contributed by atoms with van der Waals surface area (Å²) < 4.78 is 0. The number of hydrogen-bond acceptors (Lipinski definition) is 2. The second kappa shape index (κ2) is 4.29. The van der Waals surface area contributed by atoms with E-state index in [-0.39, 0.29) is 11.3 Å².